The maximum absolute atomic E-state index is 12.3. The number of aryl methyl sites for hydroxylation is 1. The van der Waals surface area contributed by atoms with Gasteiger partial charge in [-0.15, -0.1) is 18.3 Å². The highest BCUT2D eigenvalue weighted by atomic mass is 19.4. The molecule has 102 valence electrons. The molecule has 0 aromatic heterocycles. The second kappa shape index (κ2) is 4.79. The Morgan fingerprint density at radius 2 is 2.16 bits per heavy atom. The third-order valence-electron chi connectivity index (χ3n) is 2.30. The van der Waals surface area contributed by atoms with Gasteiger partial charge in [-0.1, -0.05) is 12.1 Å². The number of alkyl halides is 3. The number of halogens is 3. The van der Waals surface area contributed by atoms with E-state index in [0.29, 0.717) is 5.56 Å². The van der Waals surface area contributed by atoms with Crippen LogP contribution in [0.3, 0.4) is 0 Å². The maximum atomic E-state index is 12.3. The summed E-state index contributed by atoms with van der Waals surface area (Å²) in [6.45, 7) is 1.28. The van der Waals surface area contributed by atoms with E-state index in [1.807, 2.05) is 0 Å². The van der Waals surface area contributed by atoms with E-state index in [4.69, 9.17) is 4.74 Å². The summed E-state index contributed by atoms with van der Waals surface area (Å²) in [6, 6.07) is 4.15. The number of amides is 1. The zero-order valence-electron chi connectivity index (χ0n) is 9.75. The number of hydrogen-bond donors (Lipinski definition) is 1. The van der Waals surface area contributed by atoms with Crippen LogP contribution in [0.2, 0.25) is 0 Å². The molecule has 1 aliphatic heterocycles. The van der Waals surface area contributed by atoms with Crippen molar-refractivity contribution >= 4 is 11.8 Å². The Kier molecular flexibility index (Phi) is 3.32. The molecule has 0 atom stereocenters. The van der Waals surface area contributed by atoms with Crippen LogP contribution >= 0.6 is 0 Å². The van der Waals surface area contributed by atoms with Crippen molar-refractivity contribution in [2.24, 2.45) is 5.10 Å². The molecule has 1 amide bonds. The van der Waals surface area contributed by atoms with Gasteiger partial charge in [-0.2, -0.15) is 0 Å². The monoisotopic (exact) mass is 274 g/mol. The SMILES string of the molecule is Cc1cccc(OC(F)(F)F)c1C1=NNC(=O)CO1. The molecule has 8 heteroatoms. The van der Waals surface area contributed by atoms with Crippen molar-refractivity contribution in [3.8, 4) is 5.75 Å². The molecule has 1 aliphatic rings. The van der Waals surface area contributed by atoms with Crippen molar-refractivity contribution in [1.29, 1.82) is 0 Å². The van der Waals surface area contributed by atoms with Gasteiger partial charge in [0.15, 0.2) is 6.61 Å². The van der Waals surface area contributed by atoms with Crippen LogP contribution in [0.25, 0.3) is 0 Å². The third kappa shape index (κ3) is 3.15. The van der Waals surface area contributed by atoms with E-state index in [1.54, 1.807) is 13.0 Å². The zero-order chi connectivity index (χ0) is 14.0. The van der Waals surface area contributed by atoms with Gasteiger partial charge in [-0.25, -0.2) is 5.43 Å². The van der Waals surface area contributed by atoms with Crippen molar-refractivity contribution < 1.29 is 27.4 Å². The molecule has 0 saturated heterocycles. The molecule has 0 radical (unpaired) electrons. The molecule has 1 N–H and O–H groups in total. The molecule has 0 spiro atoms. The standard InChI is InChI=1S/C11H9F3N2O3/c1-6-3-2-4-7(19-11(12,13)14)9(6)10-16-15-8(17)5-18-10/h2-4H,5H2,1H3,(H,15,17). The molecule has 1 heterocycles. The maximum Gasteiger partial charge on any atom is 0.573 e. The summed E-state index contributed by atoms with van der Waals surface area (Å²) in [5.41, 5.74) is 2.67. The van der Waals surface area contributed by atoms with Crippen LogP contribution in [0.4, 0.5) is 13.2 Å². The quantitative estimate of drug-likeness (QED) is 0.893. The molecule has 5 nitrogen and oxygen atoms in total. The van der Waals surface area contributed by atoms with E-state index < -0.39 is 18.0 Å². The lowest BCUT2D eigenvalue weighted by Gasteiger charge is -2.18. The van der Waals surface area contributed by atoms with Gasteiger partial charge in [0, 0.05) is 0 Å². The van der Waals surface area contributed by atoms with Gasteiger partial charge in [0.1, 0.15) is 5.75 Å². The summed E-state index contributed by atoms with van der Waals surface area (Å²) in [5.74, 6) is -1.02. The fourth-order valence-electron chi connectivity index (χ4n) is 1.56. The van der Waals surface area contributed by atoms with Gasteiger partial charge in [-0.3, -0.25) is 4.79 Å². The van der Waals surface area contributed by atoms with E-state index >= 15 is 0 Å². The number of ether oxygens (including phenoxy) is 2. The van der Waals surface area contributed by atoms with Crippen LogP contribution in [0.5, 0.6) is 5.75 Å². The average molecular weight is 274 g/mol. The predicted molar refractivity (Wildman–Crippen MR) is 58.5 cm³/mol. The number of carbonyl (C=O) groups excluding carboxylic acids is 1. The van der Waals surface area contributed by atoms with Crippen LogP contribution in [-0.4, -0.2) is 24.8 Å². The number of nitrogens with zero attached hydrogens (tertiary/aromatic N) is 1. The Labute approximate surface area is 106 Å². The molecule has 1 aromatic carbocycles. The van der Waals surface area contributed by atoms with Crippen molar-refractivity contribution in [3.63, 3.8) is 0 Å². The Morgan fingerprint density at radius 1 is 1.42 bits per heavy atom. The lowest BCUT2D eigenvalue weighted by atomic mass is 10.1. The smallest absolute Gasteiger partial charge is 0.466 e. The molecular formula is C11H9F3N2O3. The summed E-state index contributed by atoms with van der Waals surface area (Å²) >= 11 is 0. The van der Waals surface area contributed by atoms with Crippen LogP contribution in [0.1, 0.15) is 11.1 Å². The van der Waals surface area contributed by atoms with Gasteiger partial charge in [-0.05, 0) is 18.6 Å². The van der Waals surface area contributed by atoms with E-state index in [2.05, 4.69) is 15.3 Å². The van der Waals surface area contributed by atoms with Crippen LogP contribution < -0.4 is 10.2 Å². The molecule has 0 bridgehead atoms. The summed E-state index contributed by atoms with van der Waals surface area (Å²) in [7, 11) is 0. The summed E-state index contributed by atoms with van der Waals surface area (Å²) in [4.78, 5) is 10.9. The lowest BCUT2D eigenvalue weighted by Crippen LogP contribution is -2.33. The first-order chi connectivity index (χ1) is 8.87. The number of carbonyl (C=O) groups is 1. The lowest BCUT2D eigenvalue weighted by molar-refractivity contribution is -0.274. The topological polar surface area (TPSA) is 59.9 Å². The zero-order valence-corrected chi connectivity index (χ0v) is 9.75. The van der Waals surface area contributed by atoms with E-state index in [0.717, 1.165) is 6.07 Å². The first-order valence-corrected chi connectivity index (χ1v) is 5.22. The van der Waals surface area contributed by atoms with E-state index in [9.17, 15) is 18.0 Å². The largest absolute Gasteiger partial charge is 0.573 e. The summed E-state index contributed by atoms with van der Waals surface area (Å²) in [5, 5.41) is 3.58. The number of hydrazone groups is 1. The van der Waals surface area contributed by atoms with Gasteiger partial charge < -0.3 is 9.47 Å². The average Bonchev–Trinajstić information content (AvgIpc) is 2.29. The number of rotatable bonds is 2. The van der Waals surface area contributed by atoms with Crippen LogP contribution in [0, 0.1) is 6.92 Å². The summed E-state index contributed by atoms with van der Waals surface area (Å²) in [6.07, 6.45) is -4.82. The Morgan fingerprint density at radius 3 is 2.74 bits per heavy atom. The highest BCUT2D eigenvalue weighted by molar-refractivity contribution is 6.01. The van der Waals surface area contributed by atoms with Crippen LogP contribution in [0.15, 0.2) is 23.3 Å². The van der Waals surface area contributed by atoms with Crippen molar-refractivity contribution in [3.05, 3.63) is 29.3 Å². The molecular weight excluding hydrogens is 265 g/mol. The van der Waals surface area contributed by atoms with Crippen molar-refractivity contribution in [1.82, 2.24) is 5.43 Å². The second-order valence-corrected chi connectivity index (χ2v) is 3.74. The number of benzene rings is 1. The Hall–Kier alpha value is -2.25. The minimum absolute atomic E-state index is 0.0554. The van der Waals surface area contributed by atoms with E-state index in [1.165, 1.54) is 6.07 Å². The second-order valence-electron chi connectivity index (χ2n) is 3.74. The highest BCUT2D eigenvalue weighted by Gasteiger charge is 2.33. The molecule has 1 aromatic rings. The van der Waals surface area contributed by atoms with Gasteiger partial charge >= 0.3 is 6.36 Å². The molecule has 2 rings (SSSR count). The summed E-state index contributed by atoms with van der Waals surface area (Å²) < 4.78 is 45.9. The van der Waals surface area contributed by atoms with Crippen molar-refractivity contribution in [2.45, 2.75) is 13.3 Å². The highest BCUT2D eigenvalue weighted by Crippen LogP contribution is 2.29. The molecule has 0 saturated carbocycles. The fraction of sp³-hybridized carbons (Fsp3) is 0.273. The minimum atomic E-state index is -4.82. The third-order valence-corrected chi connectivity index (χ3v) is 2.30. The predicted octanol–water partition coefficient (Wildman–Crippen LogP) is 1.70. The normalized spacial score (nSPS) is 15.4. The van der Waals surface area contributed by atoms with Gasteiger partial charge in [0.2, 0.25) is 5.90 Å². The first-order valence-electron chi connectivity index (χ1n) is 5.22. The number of nitrogens with one attached hydrogen (secondary N) is 1. The minimum Gasteiger partial charge on any atom is -0.466 e. The van der Waals surface area contributed by atoms with Gasteiger partial charge in [0.05, 0.1) is 5.56 Å². The molecule has 0 unspecified atom stereocenters. The van der Waals surface area contributed by atoms with Gasteiger partial charge in [0.25, 0.3) is 5.91 Å². The Balaban J connectivity index is 2.41. The van der Waals surface area contributed by atoms with E-state index in [-0.39, 0.29) is 18.1 Å². The molecule has 19 heavy (non-hydrogen) atoms. The first kappa shape index (κ1) is 13.2. The van der Waals surface area contributed by atoms with Crippen molar-refractivity contribution in [2.75, 3.05) is 6.61 Å². The molecule has 0 fully saturated rings. The number of hydrogen-bond acceptors (Lipinski definition) is 4. The van der Waals surface area contributed by atoms with Crippen LogP contribution in [-0.2, 0) is 9.53 Å². The molecule has 0 aliphatic carbocycles. The fourth-order valence-corrected chi connectivity index (χ4v) is 1.56. The Bertz CT molecular complexity index is 540.